The number of ketones is 1. The van der Waals surface area contributed by atoms with Gasteiger partial charge in [-0.15, -0.1) is 0 Å². The molecule has 192 valence electrons. The van der Waals surface area contributed by atoms with Crippen molar-refractivity contribution in [2.45, 2.75) is 6.04 Å². The predicted molar refractivity (Wildman–Crippen MR) is 140 cm³/mol. The molecule has 0 bridgehead atoms. The second-order valence-corrected chi connectivity index (χ2v) is 9.08. The molecule has 1 saturated heterocycles. The number of anilines is 1. The van der Waals surface area contributed by atoms with Crippen molar-refractivity contribution in [3.8, 4) is 23.0 Å². The maximum absolute atomic E-state index is 13.4. The van der Waals surface area contributed by atoms with E-state index in [0.29, 0.717) is 16.3 Å². The number of ether oxygens (including phenoxy) is 3. The lowest BCUT2D eigenvalue weighted by Crippen LogP contribution is -2.29. The van der Waals surface area contributed by atoms with Gasteiger partial charge in [-0.05, 0) is 48.0 Å². The molecule has 1 heterocycles. The number of hydrogen-bond acceptors (Lipinski definition) is 7. The average Bonchev–Trinajstić information content (AvgIpc) is 3.14. The molecule has 0 aromatic heterocycles. The minimum Gasteiger partial charge on any atom is -0.507 e. The van der Waals surface area contributed by atoms with Gasteiger partial charge in [-0.3, -0.25) is 14.5 Å². The van der Waals surface area contributed by atoms with Crippen LogP contribution in [0.25, 0.3) is 5.76 Å². The summed E-state index contributed by atoms with van der Waals surface area (Å²) in [6.07, 6.45) is 0. The van der Waals surface area contributed by atoms with E-state index in [1.165, 1.54) is 44.4 Å². The summed E-state index contributed by atoms with van der Waals surface area (Å²) >= 11 is 18.7. The van der Waals surface area contributed by atoms with Crippen LogP contribution in [-0.4, -0.2) is 43.2 Å². The normalized spacial score (nSPS) is 16.7. The van der Waals surface area contributed by atoms with E-state index in [4.69, 9.17) is 49.0 Å². The van der Waals surface area contributed by atoms with Crippen molar-refractivity contribution in [2.24, 2.45) is 0 Å². The Morgan fingerprint density at radius 2 is 1.54 bits per heavy atom. The van der Waals surface area contributed by atoms with Crippen LogP contribution >= 0.6 is 34.8 Å². The van der Waals surface area contributed by atoms with Crippen LogP contribution in [0.3, 0.4) is 0 Å². The number of aliphatic hydroxyl groups is 1. The van der Waals surface area contributed by atoms with Crippen molar-refractivity contribution in [2.75, 3.05) is 26.2 Å². The summed E-state index contributed by atoms with van der Waals surface area (Å²) in [6, 6.07) is 10.8. The molecule has 0 aliphatic carbocycles. The molecule has 1 aliphatic heterocycles. The van der Waals surface area contributed by atoms with Gasteiger partial charge in [-0.25, -0.2) is 0 Å². The van der Waals surface area contributed by atoms with E-state index in [1.54, 1.807) is 30.3 Å². The number of rotatable bonds is 6. The van der Waals surface area contributed by atoms with Gasteiger partial charge in [-0.1, -0.05) is 40.9 Å². The molecule has 37 heavy (non-hydrogen) atoms. The van der Waals surface area contributed by atoms with Crippen molar-refractivity contribution in [1.29, 1.82) is 0 Å². The molecule has 0 radical (unpaired) electrons. The second kappa shape index (κ2) is 10.4. The lowest BCUT2D eigenvalue weighted by Gasteiger charge is -2.26. The van der Waals surface area contributed by atoms with Crippen molar-refractivity contribution in [3.05, 3.63) is 80.3 Å². The van der Waals surface area contributed by atoms with Gasteiger partial charge in [0.15, 0.2) is 23.0 Å². The molecule has 0 saturated carbocycles. The van der Waals surface area contributed by atoms with Gasteiger partial charge in [0.05, 0.1) is 43.5 Å². The zero-order valence-electron chi connectivity index (χ0n) is 19.7. The summed E-state index contributed by atoms with van der Waals surface area (Å²) < 4.78 is 15.7. The molecule has 11 heteroatoms. The molecule has 0 spiro atoms. The molecule has 1 amide bonds. The number of methoxy groups -OCH3 is 3. The monoisotopic (exact) mass is 563 g/mol. The summed E-state index contributed by atoms with van der Waals surface area (Å²) in [5.74, 6) is -2.42. The first-order valence-electron chi connectivity index (χ1n) is 10.7. The lowest BCUT2D eigenvalue weighted by molar-refractivity contribution is -0.132. The lowest BCUT2D eigenvalue weighted by atomic mass is 9.94. The zero-order valence-corrected chi connectivity index (χ0v) is 22.0. The van der Waals surface area contributed by atoms with Crippen molar-refractivity contribution in [1.82, 2.24) is 0 Å². The topological polar surface area (TPSA) is 106 Å². The van der Waals surface area contributed by atoms with E-state index in [-0.39, 0.29) is 44.2 Å². The van der Waals surface area contributed by atoms with Crippen LogP contribution in [0.1, 0.15) is 17.2 Å². The van der Waals surface area contributed by atoms with Crippen LogP contribution in [0.5, 0.6) is 23.0 Å². The fourth-order valence-corrected chi connectivity index (χ4v) is 5.00. The van der Waals surface area contributed by atoms with Crippen LogP contribution in [0.15, 0.2) is 54.1 Å². The highest BCUT2D eigenvalue weighted by Crippen LogP contribution is 2.48. The van der Waals surface area contributed by atoms with E-state index in [2.05, 4.69) is 0 Å². The number of phenols is 1. The molecule has 1 fully saturated rings. The third kappa shape index (κ3) is 4.52. The maximum Gasteiger partial charge on any atom is 0.300 e. The number of carbonyl (C=O) groups excluding carboxylic acids is 2. The molecule has 1 unspecified atom stereocenters. The number of carbonyl (C=O) groups is 2. The van der Waals surface area contributed by atoms with Crippen LogP contribution in [0, 0.1) is 0 Å². The number of halogens is 3. The molecule has 2 N–H and O–H groups in total. The SMILES string of the molecule is COc1ccc(C2/C(=C(\O)c3cc(Cl)c(OC)c(Cl)c3OC)C(=O)C(=O)N2c2ccc(Cl)cc2)cc1O. The highest BCUT2D eigenvalue weighted by Gasteiger charge is 2.47. The van der Waals surface area contributed by atoms with Gasteiger partial charge in [-0.2, -0.15) is 0 Å². The fraction of sp³-hybridized carbons (Fsp3) is 0.154. The number of amides is 1. The Hall–Kier alpha value is -3.59. The summed E-state index contributed by atoms with van der Waals surface area (Å²) in [5, 5.41) is 22.4. The molecule has 8 nitrogen and oxygen atoms in total. The van der Waals surface area contributed by atoms with E-state index < -0.39 is 23.5 Å². The Balaban J connectivity index is 2.03. The molecular weight excluding hydrogens is 545 g/mol. The van der Waals surface area contributed by atoms with Crippen LogP contribution in [0.4, 0.5) is 5.69 Å². The molecule has 3 aromatic rings. The summed E-state index contributed by atoms with van der Waals surface area (Å²) in [4.78, 5) is 27.9. The number of Topliss-reactive ketones (excluding diaryl/α,β-unsaturated/α-hetero) is 1. The number of hydrogen-bond donors (Lipinski definition) is 2. The number of aromatic hydroxyl groups is 1. The van der Waals surface area contributed by atoms with E-state index in [9.17, 15) is 19.8 Å². The number of benzene rings is 3. The highest BCUT2D eigenvalue weighted by atomic mass is 35.5. The Kier molecular flexibility index (Phi) is 7.45. The second-order valence-electron chi connectivity index (χ2n) is 7.86. The summed E-state index contributed by atoms with van der Waals surface area (Å²) in [5.41, 5.74) is 0.345. The summed E-state index contributed by atoms with van der Waals surface area (Å²) in [7, 11) is 4.06. The van der Waals surface area contributed by atoms with E-state index in [1.807, 2.05) is 0 Å². The largest absolute Gasteiger partial charge is 0.507 e. The highest BCUT2D eigenvalue weighted by molar-refractivity contribution is 6.52. The van der Waals surface area contributed by atoms with Crippen LogP contribution < -0.4 is 19.1 Å². The minimum absolute atomic E-state index is 0.0190. The third-order valence-corrected chi connectivity index (χ3v) is 6.74. The predicted octanol–water partition coefficient (Wildman–Crippen LogP) is 6.00. The molecule has 1 aliphatic rings. The molecular formula is C26H20Cl3NO7. The quantitative estimate of drug-likeness (QED) is 0.215. The fourth-order valence-electron chi connectivity index (χ4n) is 4.18. The van der Waals surface area contributed by atoms with Gasteiger partial charge in [0.25, 0.3) is 11.7 Å². The van der Waals surface area contributed by atoms with Gasteiger partial charge in [0.1, 0.15) is 10.8 Å². The molecule has 3 aromatic carbocycles. The first-order chi connectivity index (χ1) is 17.6. The van der Waals surface area contributed by atoms with Crippen molar-refractivity contribution >= 4 is 57.9 Å². The Morgan fingerprint density at radius 1 is 0.892 bits per heavy atom. The molecule has 1 atom stereocenters. The first kappa shape index (κ1) is 26.5. The Labute approximate surface area is 227 Å². The van der Waals surface area contributed by atoms with Gasteiger partial charge in [0.2, 0.25) is 0 Å². The standard InChI is InChI=1S/C26H20Cl3NO7/c1-35-18-9-4-12(10-17(18)31)21-19(23(33)26(34)30(21)14-7-5-13(27)6-8-14)22(32)15-11-16(28)25(37-3)20(29)24(15)36-2/h4-11,21,31-32H,1-3H3/b22-19+. The number of phenolic OH excluding ortho intramolecular Hbond substituents is 1. The van der Waals surface area contributed by atoms with Crippen molar-refractivity contribution < 1.29 is 34.0 Å². The van der Waals surface area contributed by atoms with Gasteiger partial charge in [0, 0.05) is 10.7 Å². The smallest absolute Gasteiger partial charge is 0.300 e. The van der Waals surface area contributed by atoms with Crippen LogP contribution in [0.2, 0.25) is 15.1 Å². The van der Waals surface area contributed by atoms with Crippen LogP contribution in [-0.2, 0) is 9.59 Å². The van der Waals surface area contributed by atoms with E-state index in [0.717, 1.165) is 0 Å². The average molecular weight is 565 g/mol. The van der Waals surface area contributed by atoms with E-state index >= 15 is 0 Å². The van der Waals surface area contributed by atoms with Gasteiger partial charge >= 0.3 is 0 Å². The molecule has 4 rings (SSSR count). The Bertz CT molecular complexity index is 1440. The minimum atomic E-state index is -1.15. The third-order valence-electron chi connectivity index (χ3n) is 5.86. The first-order valence-corrected chi connectivity index (χ1v) is 11.8. The zero-order chi connectivity index (χ0) is 27.0. The van der Waals surface area contributed by atoms with Gasteiger partial charge < -0.3 is 24.4 Å². The number of nitrogens with zero attached hydrogens (tertiary/aromatic N) is 1. The Morgan fingerprint density at radius 3 is 2.11 bits per heavy atom. The number of aliphatic hydroxyl groups excluding tert-OH is 1. The van der Waals surface area contributed by atoms with Crippen molar-refractivity contribution in [3.63, 3.8) is 0 Å². The summed E-state index contributed by atoms with van der Waals surface area (Å²) in [6.45, 7) is 0. The maximum atomic E-state index is 13.4.